The van der Waals surface area contributed by atoms with Gasteiger partial charge in [-0.25, -0.2) is 0 Å². The molecule has 6 aromatic carbocycles. The first-order valence-corrected chi connectivity index (χ1v) is 16.9. The lowest BCUT2D eigenvalue weighted by Gasteiger charge is -2.48. The van der Waals surface area contributed by atoms with Gasteiger partial charge in [-0.2, -0.15) is 0 Å². The lowest BCUT2D eigenvalue weighted by Crippen LogP contribution is -2.52. The van der Waals surface area contributed by atoms with Gasteiger partial charge in [0.25, 0.3) is 0 Å². The summed E-state index contributed by atoms with van der Waals surface area (Å²) in [6.07, 6.45) is -1.47. The summed E-state index contributed by atoms with van der Waals surface area (Å²) in [5.74, 6) is -0.812. The molecule has 2 aliphatic heterocycles. The number of aliphatic hydroxyl groups excluding tert-OH is 2. The van der Waals surface area contributed by atoms with Gasteiger partial charge >= 0.3 is 0 Å². The maximum absolute atomic E-state index is 11.9. The van der Waals surface area contributed by atoms with Gasteiger partial charge in [0.1, 0.15) is 11.3 Å². The quantitative estimate of drug-likeness (QED) is 0.117. The molecule has 6 heteroatoms. The second-order valence-corrected chi connectivity index (χ2v) is 14.4. The van der Waals surface area contributed by atoms with Gasteiger partial charge in [0.15, 0.2) is 0 Å². The number of benzene rings is 6. The Labute approximate surface area is 280 Å². The third kappa shape index (κ3) is 4.19. The summed E-state index contributed by atoms with van der Waals surface area (Å²) in [4.78, 5) is 0. The molecule has 2 unspecified atom stereocenters. The van der Waals surface area contributed by atoms with E-state index >= 15 is 0 Å². The van der Waals surface area contributed by atoms with Crippen LogP contribution in [0.25, 0.3) is 21.5 Å². The smallest absolute Gasteiger partial charge is 0.131 e. The van der Waals surface area contributed by atoms with Crippen LogP contribution in [0.3, 0.4) is 0 Å². The van der Waals surface area contributed by atoms with Crippen LogP contribution < -0.4 is 21.3 Å². The highest BCUT2D eigenvalue weighted by Crippen LogP contribution is 2.54. The third-order valence-corrected chi connectivity index (χ3v) is 11.1. The Kier molecular flexibility index (Phi) is 6.21. The summed E-state index contributed by atoms with van der Waals surface area (Å²) in [7, 11) is 0. The van der Waals surface area contributed by atoms with Crippen LogP contribution in [0.2, 0.25) is 0 Å². The highest BCUT2D eigenvalue weighted by atomic mass is 16.3. The Morgan fingerprint density at radius 1 is 0.458 bits per heavy atom. The van der Waals surface area contributed by atoms with Crippen LogP contribution in [-0.2, 0) is 11.3 Å². The predicted molar refractivity (Wildman–Crippen MR) is 197 cm³/mol. The Hall–Kier alpha value is -5.04. The van der Waals surface area contributed by atoms with Gasteiger partial charge in [-0.3, -0.25) is 0 Å². The summed E-state index contributed by atoms with van der Waals surface area (Å²) in [6, 6.07) is 38.1. The standard InChI is InChI=1S/C42H40N4O2/c1-23-11-15-25(16-12-23)41(3)43-31-9-5-7-27-29(19-21-33(45-41)35(27)31)37-39(47)38(40(37)48)30-20-22-34-36-28(30)8-6-10-32(36)44-42(4,46-34)26-17-13-24(2)14-18-26/h5-22,37-40,43-48H,1-4H3. The van der Waals surface area contributed by atoms with E-state index in [2.05, 4.69) is 158 Å². The molecule has 0 aromatic heterocycles. The molecule has 0 bridgehead atoms. The summed E-state index contributed by atoms with van der Waals surface area (Å²) in [6.45, 7) is 8.51. The van der Waals surface area contributed by atoms with E-state index in [1.54, 1.807) is 0 Å². The van der Waals surface area contributed by atoms with Crippen LogP contribution >= 0.6 is 0 Å². The number of aryl methyl sites for hydroxylation is 2. The molecule has 1 fully saturated rings. The zero-order chi connectivity index (χ0) is 32.9. The number of rotatable bonds is 4. The van der Waals surface area contributed by atoms with Crippen LogP contribution in [0.15, 0.2) is 109 Å². The van der Waals surface area contributed by atoms with Crippen LogP contribution in [0, 0.1) is 13.8 Å². The molecule has 1 saturated carbocycles. The summed E-state index contributed by atoms with van der Waals surface area (Å²) >= 11 is 0. The van der Waals surface area contributed by atoms with Crippen molar-refractivity contribution in [1.82, 2.24) is 0 Å². The fourth-order valence-electron chi connectivity index (χ4n) is 8.50. The van der Waals surface area contributed by atoms with E-state index in [1.807, 2.05) is 0 Å². The highest BCUT2D eigenvalue weighted by molar-refractivity contribution is 6.08. The first-order valence-electron chi connectivity index (χ1n) is 16.9. The first-order chi connectivity index (χ1) is 23.1. The normalized spacial score (nSPS) is 27.0. The van der Waals surface area contributed by atoms with Gasteiger partial charge in [-0.15, -0.1) is 0 Å². The zero-order valence-corrected chi connectivity index (χ0v) is 27.6. The number of aliphatic hydroxyl groups is 2. The summed E-state index contributed by atoms with van der Waals surface area (Å²) in [5, 5.41) is 43.0. The third-order valence-electron chi connectivity index (χ3n) is 11.1. The topological polar surface area (TPSA) is 88.6 Å². The Morgan fingerprint density at radius 2 is 0.812 bits per heavy atom. The van der Waals surface area contributed by atoms with Crippen molar-refractivity contribution in [2.45, 2.75) is 63.1 Å². The maximum atomic E-state index is 11.9. The monoisotopic (exact) mass is 632 g/mol. The molecule has 2 atom stereocenters. The van der Waals surface area contributed by atoms with Crippen molar-refractivity contribution in [3.63, 3.8) is 0 Å². The van der Waals surface area contributed by atoms with E-state index in [4.69, 9.17) is 0 Å². The van der Waals surface area contributed by atoms with Crippen LogP contribution in [0.1, 0.15) is 59.1 Å². The maximum Gasteiger partial charge on any atom is 0.131 e. The lowest BCUT2D eigenvalue weighted by atomic mass is 9.62. The van der Waals surface area contributed by atoms with E-state index in [0.29, 0.717) is 0 Å². The van der Waals surface area contributed by atoms with E-state index in [0.717, 1.165) is 66.5 Å². The van der Waals surface area contributed by atoms with Crippen molar-refractivity contribution >= 4 is 44.3 Å². The Bertz CT molecular complexity index is 2050. The second kappa shape index (κ2) is 10.2. The molecule has 48 heavy (non-hydrogen) atoms. The van der Waals surface area contributed by atoms with Crippen molar-refractivity contribution in [2.75, 3.05) is 21.3 Å². The van der Waals surface area contributed by atoms with Gasteiger partial charge in [-0.1, -0.05) is 96.1 Å². The van der Waals surface area contributed by atoms with Crippen molar-refractivity contribution < 1.29 is 10.2 Å². The van der Waals surface area contributed by atoms with Crippen molar-refractivity contribution in [3.05, 3.63) is 143 Å². The van der Waals surface area contributed by atoms with E-state index in [1.165, 1.54) is 11.1 Å². The molecular weight excluding hydrogens is 592 g/mol. The van der Waals surface area contributed by atoms with Gasteiger partial charge in [0, 0.05) is 45.4 Å². The zero-order valence-electron chi connectivity index (χ0n) is 27.6. The minimum atomic E-state index is -0.737. The molecule has 0 spiro atoms. The molecule has 2 heterocycles. The Morgan fingerprint density at radius 3 is 1.19 bits per heavy atom. The molecule has 0 saturated heterocycles. The molecule has 0 amide bonds. The largest absolute Gasteiger partial charge is 0.392 e. The Balaban J connectivity index is 1.04. The average Bonchev–Trinajstić information content (AvgIpc) is 3.07. The second-order valence-electron chi connectivity index (χ2n) is 14.4. The lowest BCUT2D eigenvalue weighted by molar-refractivity contribution is -0.0775. The molecule has 6 aromatic rings. The van der Waals surface area contributed by atoms with Crippen LogP contribution in [-0.4, -0.2) is 22.4 Å². The number of hydrogen-bond acceptors (Lipinski definition) is 6. The van der Waals surface area contributed by atoms with Gasteiger partial charge in [0.05, 0.1) is 12.2 Å². The molecule has 3 aliphatic rings. The molecule has 6 N–H and O–H groups in total. The molecule has 1 aliphatic carbocycles. The molecule has 0 radical (unpaired) electrons. The van der Waals surface area contributed by atoms with Gasteiger partial charge in [0.2, 0.25) is 0 Å². The van der Waals surface area contributed by atoms with Gasteiger partial charge in [-0.05, 0) is 85.0 Å². The SMILES string of the molecule is Cc1ccc(C2(C)Nc3cccc4c(C5C(O)C(c6ccc7c8c(cccc68)NC(C)(c6ccc(C)cc6)N7)C5O)ccc(c34)N2)cc1. The summed E-state index contributed by atoms with van der Waals surface area (Å²) < 4.78 is 0. The van der Waals surface area contributed by atoms with Gasteiger partial charge < -0.3 is 31.5 Å². The molecule has 9 rings (SSSR count). The molecule has 240 valence electrons. The number of anilines is 4. The van der Waals surface area contributed by atoms with Crippen molar-refractivity contribution in [1.29, 1.82) is 0 Å². The predicted octanol–water partition coefficient (Wildman–Crippen LogP) is 8.63. The number of nitrogens with one attached hydrogen (secondary N) is 4. The highest BCUT2D eigenvalue weighted by Gasteiger charge is 2.52. The molecular formula is C42H40N4O2. The minimum Gasteiger partial charge on any atom is -0.392 e. The number of hydrogen-bond donors (Lipinski definition) is 6. The minimum absolute atomic E-state index is 0.406. The summed E-state index contributed by atoms with van der Waals surface area (Å²) in [5.41, 5.74) is 9.87. The van der Waals surface area contributed by atoms with Crippen LogP contribution in [0.4, 0.5) is 22.7 Å². The first kappa shape index (κ1) is 29.1. The van der Waals surface area contributed by atoms with E-state index in [9.17, 15) is 10.2 Å². The van der Waals surface area contributed by atoms with E-state index < -0.39 is 35.4 Å². The fraction of sp³-hybridized carbons (Fsp3) is 0.238. The van der Waals surface area contributed by atoms with Crippen molar-refractivity contribution in [3.8, 4) is 0 Å². The average molecular weight is 633 g/mol. The molecule has 6 nitrogen and oxygen atoms in total. The van der Waals surface area contributed by atoms with E-state index in [-0.39, 0.29) is 0 Å². The van der Waals surface area contributed by atoms with Crippen molar-refractivity contribution in [2.24, 2.45) is 0 Å². The van der Waals surface area contributed by atoms with Crippen LogP contribution in [0.5, 0.6) is 0 Å². The fourth-order valence-corrected chi connectivity index (χ4v) is 8.50.